The minimum atomic E-state index is -3.46. The van der Waals surface area contributed by atoms with E-state index >= 15 is 0 Å². The van der Waals surface area contributed by atoms with Crippen molar-refractivity contribution in [3.63, 3.8) is 0 Å². The number of benzene rings is 1. The second kappa shape index (κ2) is 9.55. The van der Waals surface area contributed by atoms with Gasteiger partial charge in [-0.1, -0.05) is 45.7 Å². The second-order valence-corrected chi connectivity index (χ2v) is 9.30. The Labute approximate surface area is 163 Å². The van der Waals surface area contributed by atoms with Crippen molar-refractivity contribution in [3.8, 4) is 0 Å². The molecule has 7 heteroatoms. The Morgan fingerprint density at radius 1 is 1.15 bits per heavy atom. The van der Waals surface area contributed by atoms with Crippen LogP contribution < -0.4 is 10.6 Å². The highest BCUT2D eigenvalue weighted by Crippen LogP contribution is 2.24. The molecule has 2 N–H and O–H groups in total. The summed E-state index contributed by atoms with van der Waals surface area (Å²) >= 11 is 0. The number of amides is 2. The fraction of sp³-hybridized carbons (Fsp3) is 0.650. The van der Waals surface area contributed by atoms with Crippen LogP contribution in [0.1, 0.15) is 65.0 Å². The van der Waals surface area contributed by atoms with E-state index < -0.39 is 10.0 Å². The van der Waals surface area contributed by atoms with Crippen molar-refractivity contribution in [1.29, 1.82) is 0 Å². The Kier molecular flexibility index (Phi) is 7.68. The van der Waals surface area contributed by atoms with Crippen molar-refractivity contribution in [2.75, 3.05) is 13.1 Å². The van der Waals surface area contributed by atoms with Crippen LogP contribution in [0.25, 0.3) is 0 Å². The van der Waals surface area contributed by atoms with Gasteiger partial charge >= 0.3 is 6.03 Å². The van der Waals surface area contributed by atoms with Crippen LogP contribution >= 0.6 is 0 Å². The highest BCUT2D eigenvalue weighted by molar-refractivity contribution is 7.89. The van der Waals surface area contributed by atoms with E-state index in [9.17, 15) is 13.2 Å². The summed E-state index contributed by atoms with van der Waals surface area (Å²) in [5.74, 6) is 0.504. The summed E-state index contributed by atoms with van der Waals surface area (Å²) in [5.41, 5.74) is 0.875. The van der Waals surface area contributed by atoms with Crippen LogP contribution in [-0.4, -0.2) is 37.9 Å². The first-order valence-electron chi connectivity index (χ1n) is 9.96. The van der Waals surface area contributed by atoms with Crippen LogP contribution in [0.4, 0.5) is 4.79 Å². The lowest BCUT2D eigenvalue weighted by Crippen LogP contribution is -2.46. The van der Waals surface area contributed by atoms with E-state index in [0.29, 0.717) is 19.0 Å². The SMILES string of the molecule is CCN(CC)S(=O)(=O)c1ccc(C(C)NC(=O)NC2CCCCC2C)cc1. The molecule has 1 aromatic carbocycles. The van der Waals surface area contributed by atoms with Gasteiger partial charge in [0.15, 0.2) is 0 Å². The Balaban J connectivity index is 1.98. The number of hydrogen-bond acceptors (Lipinski definition) is 3. The summed E-state index contributed by atoms with van der Waals surface area (Å²) in [5, 5.41) is 6.04. The number of carbonyl (C=O) groups is 1. The van der Waals surface area contributed by atoms with Crippen LogP contribution in [0.2, 0.25) is 0 Å². The summed E-state index contributed by atoms with van der Waals surface area (Å²) in [6, 6.07) is 6.63. The summed E-state index contributed by atoms with van der Waals surface area (Å²) in [6.07, 6.45) is 4.58. The molecule has 1 aliphatic rings. The lowest BCUT2D eigenvalue weighted by Gasteiger charge is -2.30. The Bertz CT molecular complexity index is 714. The minimum Gasteiger partial charge on any atom is -0.335 e. The highest BCUT2D eigenvalue weighted by Gasteiger charge is 2.24. The number of carbonyl (C=O) groups excluding carboxylic acids is 1. The van der Waals surface area contributed by atoms with E-state index in [1.54, 1.807) is 24.3 Å². The van der Waals surface area contributed by atoms with Crippen LogP contribution in [-0.2, 0) is 10.0 Å². The molecule has 0 aliphatic heterocycles. The molecular formula is C20H33N3O3S. The van der Waals surface area contributed by atoms with Gasteiger partial charge in [0.2, 0.25) is 10.0 Å². The van der Waals surface area contributed by atoms with E-state index in [4.69, 9.17) is 0 Å². The van der Waals surface area contributed by atoms with Crippen LogP contribution in [0.3, 0.4) is 0 Å². The van der Waals surface area contributed by atoms with E-state index in [1.165, 1.54) is 10.7 Å². The van der Waals surface area contributed by atoms with Gasteiger partial charge in [0.1, 0.15) is 0 Å². The fourth-order valence-corrected chi connectivity index (χ4v) is 5.12. The van der Waals surface area contributed by atoms with Crippen LogP contribution in [0.5, 0.6) is 0 Å². The van der Waals surface area contributed by atoms with E-state index in [-0.39, 0.29) is 23.0 Å². The maximum atomic E-state index is 12.6. The van der Waals surface area contributed by atoms with Gasteiger partial charge in [-0.25, -0.2) is 13.2 Å². The molecule has 27 heavy (non-hydrogen) atoms. The predicted molar refractivity (Wildman–Crippen MR) is 108 cm³/mol. The molecule has 1 aromatic rings. The molecule has 3 atom stereocenters. The van der Waals surface area contributed by atoms with E-state index in [2.05, 4.69) is 17.6 Å². The minimum absolute atomic E-state index is 0.166. The highest BCUT2D eigenvalue weighted by atomic mass is 32.2. The molecule has 0 bridgehead atoms. The molecule has 0 saturated heterocycles. The van der Waals surface area contributed by atoms with Gasteiger partial charge in [0.25, 0.3) is 0 Å². The van der Waals surface area contributed by atoms with Crippen molar-refractivity contribution in [2.45, 2.75) is 70.4 Å². The van der Waals surface area contributed by atoms with Crippen molar-refractivity contribution >= 4 is 16.1 Å². The van der Waals surface area contributed by atoms with Crippen molar-refractivity contribution in [3.05, 3.63) is 29.8 Å². The van der Waals surface area contributed by atoms with Gasteiger partial charge < -0.3 is 10.6 Å². The number of nitrogens with one attached hydrogen (secondary N) is 2. The van der Waals surface area contributed by atoms with Crippen LogP contribution in [0, 0.1) is 5.92 Å². The third-order valence-corrected chi connectivity index (χ3v) is 7.56. The maximum Gasteiger partial charge on any atom is 0.315 e. The molecule has 1 aliphatic carbocycles. The first kappa shape index (κ1) is 21.7. The van der Waals surface area contributed by atoms with Gasteiger partial charge in [0.05, 0.1) is 10.9 Å². The Morgan fingerprint density at radius 2 is 1.74 bits per heavy atom. The number of nitrogens with zero attached hydrogens (tertiary/aromatic N) is 1. The molecule has 0 radical (unpaired) electrons. The maximum absolute atomic E-state index is 12.6. The number of hydrogen-bond donors (Lipinski definition) is 2. The average Bonchev–Trinajstić information content (AvgIpc) is 2.64. The first-order valence-corrected chi connectivity index (χ1v) is 11.4. The molecule has 2 rings (SSSR count). The largest absolute Gasteiger partial charge is 0.335 e. The lowest BCUT2D eigenvalue weighted by molar-refractivity contribution is 0.219. The Hall–Kier alpha value is -1.60. The Morgan fingerprint density at radius 3 is 2.30 bits per heavy atom. The molecule has 0 aromatic heterocycles. The average molecular weight is 396 g/mol. The van der Waals surface area contributed by atoms with Gasteiger partial charge in [-0.15, -0.1) is 0 Å². The van der Waals surface area contributed by atoms with Gasteiger partial charge in [0, 0.05) is 19.1 Å². The molecule has 6 nitrogen and oxygen atoms in total. The number of sulfonamides is 1. The normalized spacial score (nSPS) is 21.7. The summed E-state index contributed by atoms with van der Waals surface area (Å²) in [4.78, 5) is 12.6. The van der Waals surface area contributed by atoms with E-state index in [0.717, 1.165) is 24.8 Å². The molecular weight excluding hydrogens is 362 g/mol. The fourth-order valence-electron chi connectivity index (χ4n) is 3.66. The smallest absolute Gasteiger partial charge is 0.315 e. The van der Waals surface area contributed by atoms with Gasteiger partial charge in [-0.2, -0.15) is 4.31 Å². The zero-order valence-electron chi connectivity index (χ0n) is 16.9. The quantitative estimate of drug-likeness (QED) is 0.739. The third kappa shape index (κ3) is 5.45. The summed E-state index contributed by atoms with van der Waals surface area (Å²) in [7, 11) is -3.46. The topological polar surface area (TPSA) is 78.5 Å². The van der Waals surface area contributed by atoms with Gasteiger partial charge in [-0.05, 0) is 43.4 Å². The molecule has 0 heterocycles. The third-order valence-electron chi connectivity index (χ3n) is 5.50. The standard InChI is InChI=1S/C20H33N3O3S/c1-5-23(6-2)27(25,26)18-13-11-17(12-14-18)16(4)21-20(24)22-19-10-8-7-9-15(19)3/h11-16,19H,5-10H2,1-4H3,(H2,21,22,24). The first-order chi connectivity index (χ1) is 12.8. The lowest BCUT2D eigenvalue weighted by atomic mass is 9.86. The molecule has 2 amide bonds. The van der Waals surface area contributed by atoms with Crippen LogP contribution in [0.15, 0.2) is 29.2 Å². The zero-order chi connectivity index (χ0) is 20.0. The van der Waals surface area contributed by atoms with Gasteiger partial charge in [-0.3, -0.25) is 0 Å². The number of urea groups is 1. The molecule has 3 unspecified atom stereocenters. The molecule has 152 valence electrons. The summed E-state index contributed by atoms with van der Waals surface area (Å²) in [6.45, 7) is 8.62. The molecule has 1 fully saturated rings. The van der Waals surface area contributed by atoms with Crippen molar-refractivity contribution in [2.24, 2.45) is 5.92 Å². The summed E-state index contributed by atoms with van der Waals surface area (Å²) < 4.78 is 26.5. The number of rotatable bonds is 7. The zero-order valence-corrected chi connectivity index (χ0v) is 17.7. The van der Waals surface area contributed by atoms with E-state index in [1.807, 2.05) is 20.8 Å². The molecule has 0 spiro atoms. The second-order valence-electron chi connectivity index (χ2n) is 7.37. The monoisotopic (exact) mass is 395 g/mol. The van der Waals surface area contributed by atoms with Crippen molar-refractivity contribution in [1.82, 2.24) is 14.9 Å². The van der Waals surface area contributed by atoms with Crippen molar-refractivity contribution < 1.29 is 13.2 Å². The molecule has 1 saturated carbocycles. The predicted octanol–water partition coefficient (Wildman–Crippen LogP) is 3.66.